The molecule has 2 rings (SSSR count). The molecule has 2 aromatic rings. The van der Waals surface area contributed by atoms with Crippen molar-refractivity contribution in [3.8, 4) is 0 Å². The third-order valence-corrected chi connectivity index (χ3v) is 4.31. The maximum atomic E-state index is 5.66. The van der Waals surface area contributed by atoms with Gasteiger partial charge in [-0.3, -0.25) is 0 Å². The van der Waals surface area contributed by atoms with E-state index in [1.165, 1.54) is 4.88 Å². The number of nitrogens with zero attached hydrogens (tertiary/aromatic N) is 1. The van der Waals surface area contributed by atoms with Crippen molar-refractivity contribution in [1.29, 1.82) is 0 Å². The summed E-state index contributed by atoms with van der Waals surface area (Å²) in [5, 5.41) is 4.32. The molecule has 0 saturated heterocycles. The average Bonchev–Trinajstić information content (AvgIpc) is 2.90. The van der Waals surface area contributed by atoms with Gasteiger partial charge < -0.3 is 14.8 Å². The zero-order valence-electron chi connectivity index (χ0n) is 12.8. The normalized spacial score (nSPS) is 12.5. The van der Waals surface area contributed by atoms with Crippen molar-refractivity contribution >= 4 is 11.3 Å². The lowest BCUT2D eigenvalue weighted by atomic mass is 10.1. The van der Waals surface area contributed by atoms with E-state index in [1.807, 2.05) is 18.2 Å². The third kappa shape index (κ3) is 4.11. The van der Waals surface area contributed by atoms with Crippen LogP contribution in [0.25, 0.3) is 0 Å². The zero-order valence-corrected chi connectivity index (χ0v) is 13.6. The first-order chi connectivity index (χ1) is 10.3. The number of hydrogen-bond donors (Lipinski definition) is 1. The van der Waals surface area contributed by atoms with E-state index >= 15 is 0 Å². The maximum absolute atomic E-state index is 5.66. The second-order valence-corrected chi connectivity index (χ2v) is 5.78. The van der Waals surface area contributed by atoms with Crippen LogP contribution in [0.3, 0.4) is 0 Å². The first-order valence-corrected chi connectivity index (χ1v) is 7.87. The molecule has 0 spiro atoms. The fourth-order valence-electron chi connectivity index (χ4n) is 2.15. The van der Waals surface area contributed by atoms with E-state index in [0.717, 1.165) is 29.4 Å². The van der Waals surface area contributed by atoms with Gasteiger partial charge in [-0.2, -0.15) is 0 Å². The molecule has 0 fully saturated rings. The fraction of sp³-hybridized carbons (Fsp3) is 0.438. The second kappa shape index (κ2) is 8.24. The van der Waals surface area contributed by atoms with Crippen LogP contribution < -0.4 is 5.32 Å². The molecule has 1 unspecified atom stereocenters. The number of rotatable bonds is 8. The van der Waals surface area contributed by atoms with E-state index in [2.05, 4.69) is 24.4 Å². The van der Waals surface area contributed by atoms with E-state index in [0.29, 0.717) is 6.61 Å². The Labute approximate surface area is 130 Å². The van der Waals surface area contributed by atoms with Crippen molar-refractivity contribution in [3.05, 3.63) is 51.5 Å². The van der Waals surface area contributed by atoms with Crippen LogP contribution >= 0.6 is 11.3 Å². The molecule has 0 aliphatic rings. The zero-order chi connectivity index (χ0) is 15.1. The molecule has 1 aromatic carbocycles. The third-order valence-electron chi connectivity index (χ3n) is 3.17. The van der Waals surface area contributed by atoms with Gasteiger partial charge >= 0.3 is 0 Å². The van der Waals surface area contributed by atoms with Crippen LogP contribution in [0.1, 0.15) is 34.2 Å². The van der Waals surface area contributed by atoms with Gasteiger partial charge in [0.15, 0.2) is 0 Å². The lowest BCUT2D eigenvalue weighted by Crippen LogP contribution is -2.12. The number of ether oxygens (including phenoxy) is 2. The summed E-state index contributed by atoms with van der Waals surface area (Å²) in [4.78, 5) is 5.94. The minimum Gasteiger partial charge on any atom is -0.378 e. The molecule has 0 bridgehead atoms. The first kappa shape index (κ1) is 16.1. The van der Waals surface area contributed by atoms with E-state index < -0.39 is 0 Å². The van der Waals surface area contributed by atoms with E-state index in [-0.39, 0.29) is 6.10 Å². The highest BCUT2D eigenvalue weighted by Gasteiger charge is 2.20. The molecule has 1 aromatic heterocycles. The van der Waals surface area contributed by atoms with Gasteiger partial charge in [0.05, 0.1) is 12.3 Å². The smallest absolute Gasteiger partial charge is 0.134 e. The summed E-state index contributed by atoms with van der Waals surface area (Å²) in [6.07, 6.45) is -0.123. The number of benzene rings is 1. The summed E-state index contributed by atoms with van der Waals surface area (Å²) in [7, 11) is 3.42. The molecule has 0 aliphatic heterocycles. The largest absolute Gasteiger partial charge is 0.378 e. The number of thiazole rings is 1. The Morgan fingerprint density at radius 2 is 2.00 bits per heavy atom. The van der Waals surface area contributed by atoms with Crippen molar-refractivity contribution in [2.45, 2.75) is 26.2 Å². The van der Waals surface area contributed by atoms with Crippen LogP contribution in [0.4, 0.5) is 0 Å². The van der Waals surface area contributed by atoms with Crippen molar-refractivity contribution in [2.75, 3.05) is 20.8 Å². The summed E-state index contributed by atoms with van der Waals surface area (Å²) in [6, 6.07) is 10.2. The maximum Gasteiger partial charge on any atom is 0.134 e. The van der Waals surface area contributed by atoms with E-state index in [9.17, 15) is 0 Å². The molecular formula is C16H22N2O2S. The van der Waals surface area contributed by atoms with Crippen LogP contribution in [0.2, 0.25) is 0 Å². The summed E-state index contributed by atoms with van der Waals surface area (Å²) in [5.41, 5.74) is 2.11. The van der Waals surface area contributed by atoms with E-state index in [1.54, 1.807) is 25.6 Å². The summed E-state index contributed by atoms with van der Waals surface area (Å²) in [6.45, 7) is 4.38. The highest BCUT2D eigenvalue weighted by molar-refractivity contribution is 7.11. The molecule has 0 radical (unpaired) electrons. The number of aromatic nitrogens is 1. The predicted molar refractivity (Wildman–Crippen MR) is 85.5 cm³/mol. The Morgan fingerprint density at radius 1 is 1.24 bits per heavy atom. The topological polar surface area (TPSA) is 43.4 Å². The van der Waals surface area contributed by atoms with Crippen molar-refractivity contribution in [3.63, 3.8) is 0 Å². The summed E-state index contributed by atoms with van der Waals surface area (Å²) < 4.78 is 10.9. The van der Waals surface area contributed by atoms with E-state index in [4.69, 9.17) is 14.5 Å². The highest BCUT2D eigenvalue weighted by Crippen LogP contribution is 2.31. The predicted octanol–water partition coefficient (Wildman–Crippen LogP) is 3.13. The molecule has 0 aliphatic carbocycles. The molecule has 1 N–H and O–H groups in total. The van der Waals surface area contributed by atoms with Gasteiger partial charge in [-0.05, 0) is 12.1 Å². The van der Waals surface area contributed by atoms with Crippen LogP contribution in [-0.4, -0.2) is 25.7 Å². The minimum atomic E-state index is -0.123. The van der Waals surface area contributed by atoms with Crippen molar-refractivity contribution in [2.24, 2.45) is 0 Å². The quantitative estimate of drug-likeness (QED) is 0.814. The molecule has 1 atom stereocenters. The Balaban J connectivity index is 2.28. The molecule has 0 amide bonds. The van der Waals surface area contributed by atoms with Crippen LogP contribution in [-0.2, 0) is 22.6 Å². The Kier molecular flexibility index (Phi) is 6.32. The van der Waals surface area contributed by atoms with Crippen LogP contribution in [0.15, 0.2) is 30.3 Å². The summed E-state index contributed by atoms with van der Waals surface area (Å²) in [5.74, 6) is 0. The summed E-state index contributed by atoms with van der Waals surface area (Å²) >= 11 is 1.69. The Bertz CT molecular complexity index is 542. The van der Waals surface area contributed by atoms with Crippen LogP contribution in [0, 0.1) is 0 Å². The monoisotopic (exact) mass is 306 g/mol. The number of hydrogen-bond acceptors (Lipinski definition) is 5. The molecule has 114 valence electrons. The first-order valence-electron chi connectivity index (χ1n) is 7.06. The van der Waals surface area contributed by atoms with Gasteiger partial charge in [0.2, 0.25) is 0 Å². The lowest BCUT2D eigenvalue weighted by molar-refractivity contribution is 0.135. The molecule has 0 saturated carbocycles. The van der Waals surface area contributed by atoms with Gasteiger partial charge in [-0.1, -0.05) is 37.3 Å². The molecular weight excluding hydrogens is 284 g/mol. The van der Waals surface area contributed by atoms with Crippen molar-refractivity contribution in [1.82, 2.24) is 10.3 Å². The van der Waals surface area contributed by atoms with Crippen molar-refractivity contribution < 1.29 is 9.47 Å². The Hall–Kier alpha value is -1.27. The van der Waals surface area contributed by atoms with Gasteiger partial charge in [0, 0.05) is 25.6 Å². The SMILES string of the molecule is CCNCc1sc(C(OC)c2ccccc2)nc1COC. The molecule has 21 heavy (non-hydrogen) atoms. The average molecular weight is 306 g/mol. The second-order valence-electron chi connectivity index (χ2n) is 4.66. The highest BCUT2D eigenvalue weighted by atomic mass is 32.1. The van der Waals surface area contributed by atoms with Gasteiger partial charge in [-0.15, -0.1) is 11.3 Å². The fourth-order valence-corrected chi connectivity index (χ4v) is 3.29. The van der Waals surface area contributed by atoms with Gasteiger partial charge in [0.1, 0.15) is 11.1 Å². The Morgan fingerprint density at radius 3 is 2.62 bits per heavy atom. The lowest BCUT2D eigenvalue weighted by Gasteiger charge is -2.12. The van der Waals surface area contributed by atoms with Crippen LogP contribution in [0.5, 0.6) is 0 Å². The number of methoxy groups -OCH3 is 2. The van der Waals surface area contributed by atoms with Gasteiger partial charge in [0.25, 0.3) is 0 Å². The molecule has 1 heterocycles. The standard InChI is InChI=1S/C16H22N2O2S/c1-4-17-10-14-13(11-19-2)18-16(21-14)15(20-3)12-8-6-5-7-9-12/h5-9,15,17H,4,10-11H2,1-3H3. The van der Waals surface area contributed by atoms with Gasteiger partial charge in [-0.25, -0.2) is 4.98 Å². The minimum absolute atomic E-state index is 0.123. The molecule has 5 heteroatoms. The molecule has 4 nitrogen and oxygen atoms in total. The number of nitrogens with one attached hydrogen (secondary N) is 1.